The van der Waals surface area contributed by atoms with Gasteiger partial charge in [-0.15, -0.1) is 0 Å². The molecule has 3 amide bonds. The van der Waals surface area contributed by atoms with Crippen molar-refractivity contribution in [3.63, 3.8) is 0 Å². The van der Waals surface area contributed by atoms with Crippen LogP contribution in [0.3, 0.4) is 0 Å². The number of carbonyl (C=O) groups is 3. The molecule has 0 aliphatic heterocycles. The van der Waals surface area contributed by atoms with Crippen molar-refractivity contribution in [3.05, 3.63) is 72.8 Å². The summed E-state index contributed by atoms with van der Waals surface area (Å²) in [6, 6.07) is 18.9. The summed E-state index contributed by atoms with van der Waals surface area (Å²) in [6.45, 7) is 4.31. The Morgan fingerprint density at radius 3 is 0.692 bits per heavy atom. The molecule has 3 aromatic carbocycles. The molecule has 0 bridgehead atoms. The molecule has 0 radical (unpaired) electrons. The Kier molecular flexibility index (Phi) is 24.9. The molecule has 0 saturated heterocycles. The lowest BCUT2D eigenvalue weighted by Gasteiger charge is -1.99. The van der Waals surface area contributed by atoms with Crippen molar-refractivity contribution in [2.24, 2.45) is 0 Å². The minimum atomic E-state index is -0.115. The number of carbonyl (C=O) groups excluding carboxylic acids is 3. The topological polar surface area (TPSA) is 209 Å². The maximum absolute atomic E-state index is 10.5. The molecule has 39 heavy (non-hydrogen) atoms. The average Bonchev–Trinajstić information content (AvgIpc) is 2.92. The van der Waals surface area contributed by atoms with Gasteiger partial charge in [0.1, 0.15) is 17.2 Å². The number of hydrogen-bond acceptors (Lipinski definition) is 9. The van der Waals surface area contributed by atoms with Gasteiger partial charge in [-0.25, -0.2) is 0 Å². The van der Waals surface area contributed by atoms with Crippen LogP contribution in [0.25, 0.3) is 0 Å². The summed E-state index contributed by atoms with van der Waals surface area (Å²) in [5, 5.41) is 55.4. The summed E-state index contributed by atoms with van der Waals surface area (Å²) in [7, 11) is 3.00. The summed E-state index contributed by atoms with van der Waals surface area (Å²) >= 11 is 0. The number of hydrogen-bond donors (Lipinski definition) is 9. The summed E-state index contributed by atoms with van der Waals surface area (Å²) in [4.78, 5) is 31.6. The van der Waals surface area contributed by atoms with Gasteiger partial charge in [-0.05, 0) is 72.8 Å². The molecule has 9 N–H and O–H groups in total. The zero-order valence-electron chi connectivity index (χ0n) is 22.8. The van der Waals surface area contributed by atoms with Gasteiger partial charge in [0, 0.05) is 59.2 Å². The van der Waals surface area contributed by atoms with Crippen LogP contribution in [0.2, 0.25) is 0 Å². The first-order valence-electron chi connectivity index (χ1n) is 11.1. The van der Waals surface area contributed by atoms with E-state index in [-0.39, 0.29) is 35.0 Å². The third-order valence-corrected chi connectivity index (χ3v) is 3.56. The fourth-order valence-electron chi connectivity index (χ4n) is 2.24. The molecule has 12 nitrogen and oxygen atoms in total. The highest BCUT2D eigenvalue weighted by molar-refractivity contribution is 5.89. The normalized spacial score (nSPS) is 8.23. The van der Waals surface area contributed by atoms with Crippen LogP contribution in [-0.4, -0.2) is 69.7 Å². The third kappa shape index (κ3) is 23.5. The standard InChI is InChI=1S/3C8H9NO2.3CH4O/c3*1-6(10)9-7-2-4-8(11)5-3-7;3*1-2/h3*2-5,11H,1H3,(H,9,10);3*2H,1H3. The molecule has 0 atom stereocenters. The molecule has 0 heterocycles. The van der Waals surface area contributed by atoms with Crippen molar-refractivity contribution < 1.29 is 45.0 Å². The van der Waals surface area contributed by atoms with Crippen molar-refractivity contribution >= 4 is 34.8 Å². The molecule has 0 spiro atoms. The minimum absolute atomic E-state index is 0.115. The first-order valence-corrected chi connectivity index (χ1v) is 11.1. The Morgan fingerprint density at radius 1 is 0.410 bits per heavy atom. The summed E-state index contributed by atoms with van der Waals surface area (Å²) in [5.41, 5.74) is 2.07. The highest BCUT2D eigenvalue weighted by atomic mass is 16.3. The zero-order chi connectivity index (χ0) is 30.8. The SMILES string of the molecule is CC(=O)Nc1ccc(O)cc1.CC(=O)Nc1ccc(O)cc1.CC(=O)Nc1ccc(O)cc1.CO.CO.CO. The number of aromatic hydroxyl groups is 3. The van der Waals surface area contributed by atoms with Gasteiger partial charge in [0.15, 0.2) is 0 Å². The molecule has 0 unspecified atom stereocenters. The Labute approximate surface area is 228 Å². The van der Waals surface area contributed by atoms with Gasteiger partial charge >= 0.3 is 0 Å². The number of aliphatic hydroxyl groups is 3. The molecular formula is C27H39N3O9. The number of benzene rings is 3. The van der Waals surface area contributed by atoms with Gasteiger partial charge in [0.25, 0.3) is 0 Å². The molecule has 3 rings (SSSR count). The predicted octanol–water partition coefficient (Wildman–Crippen LogP) is 2.88. The lowest BCUT2D eigenvalue weighted by Crippen LogP contribution is -2.04. The number of rotatable bonds is 3. The lowest BCUT2D eigenvalue weighted by molar-refractivity contribution is -0.115. The minimum Gasteiger partial charge on any atom is -0.508 e. The van der Waals surface area contributed by atoms with E-state index in [2.05, 4.69) is 16.0 Å². The van der Waals surface area contributed by atoms with Crippen LogP contribution in [0.1, 0.15) is 20.8 Å². The van der Waals surface area contributed by atoms with Gasteiger partial charge in [-0.2, -0.15) is 0 Å². The summed E-state index contributed by atoms with van der Waals surface area (Å²) in [6.07, 6.45) is 0. The number of amides is 3. The fraction of sp³-hybridized carbons (Fsp3) is 0.222. The zero-order valence-corrected chi connectivity index (χ0v) is 22.8. The average molecular weight is 550 g/mol. The van der Waals surface area contributed by atoms with E-state index in [1.807, 2.05) is 0 Å². The lowest BCUT2D eigenvalue weighted by atomic mass is 10.3. The first-order chi connectivity index (χ1) is 18.5. The number of phenolic OH excluding ortho intramolecular Hbond substituents is 3. The van der Waals surface area contributed by atoms with Crippen LogP contribution in [0.15, 0.2) is 72.8 Å². The second-order valence-corrected chi connectivity index (χ2v) is 6.68. The summed E-state index contributed by atoms with van der Waals surface area (Å²) < 4.78 is 0. The van der Waals surface area contributed by atoms with E-state index in [1.54, 1.807) is 36.4 Å². The van der Waals surface area contributed by atoms with Crippen LogP contribution in [-0.2, 0) is 14.4 Å². The van der Waals surface area contributed by atoms with Gasteiger partial charge in [-0.1, -0.05) is 0 Å². The van der Waals surface area contributed by atoms with Crippen molar-refractivity contribution in [2.75, 3.05) is 37.3 Å². The van der Waals surface area contributed by atoms with Crippen molar-refractivity contribution in [2.45, 2.75) is 20.8 Å². The molecular weight excluding hydrogens is 510 g/mol. The van der Waals surface area contributed by atoms with E-state index in [0.717, 1.165) is 21.3 Å². The predicted molar refractivity (Wildman–Crippen MR) is 152 cm³/mol. The largest absolute Gasteiger partial charge is 0.508 e. The second-order valence-electron chi connectivity index (χ2n) is 6.68. The summed E-state index contributed by atoms with van der Waals surface area (Å²) in [5.74, 6) is 0.236. The van der Waals surface area contributed by atoms with Gasteiger partial charge in [-0.3, -0.25) is 14.4 Å². The molecule has 216 valence electrons. The molecule has 0 aromatic heterocycles. The van der Waals surface area contributed by atoms with Crippen LogP contribution in [0.5, 0.6) is 17.2 Å². The van der Waals surface area contributed by atoms with E-state index in [4.69, 9.17) is 30.6 Å². The van der Waals surface area contributed by atoms with Crippen molar-refractivity contribution in [1.82, 2.24) is 0 Å². The van der Waals surface area contributed by atoms with Crippen molar-refractivity contribution in [1.29, 1.82) is 0 Å². The highest BCUT2D eigenvalue weighted by Crippen LogP contribution is 2.14. The second kappa shape index (κ2) is 25.0. The maximum Gasteiger partial charge on any atom is 0.221 e. The molecule has 3 aromatic rings. The van der Waals surface area contributed by atoms with Crippen LogP contribution in [0, 0.1) is 0 Å². The third-order valence-electron chi connectivity index (χ3n) is 3.56. The van der Waals surface area contributed by atoms with E-state index >= 15 is 0 Å². The molecule has 0 aliphatic carbocycles. The van der Waals surface area contributed by atoms with E-state index in [0.29, 0.717) is 17.1 Å². The molecule has 0 fully saturated rings. The van der Waals surface area contributed by atoms with Gasteiger partial charge < -0.3 is 46.6 Å². The molecule has 0 saturated carbocycles. The van der Waals surface area contributed by atoms with Crippen molar-refractivity contribution in [3.8, 4) is 17.2 Å². The Morgan fingerprint density at radius 2 is 0.564 bits per heavy atom. The van der Waals surface area contributed by atoms with E-state index in [1.165, 1.54) is 57.2 Å². The van der Waals surface area contributed by atoms with E-state index < -0.39 is 0 Å². The van der Waals surface area contributed by atoms with Gasteiger partial charge in [0.05, 0.1) is 0 Å². The quantitative estimate of drug-likeness (QED) is 0.220. The number of phenols is 3. The smallest absolute Gasteiger partial charge is 0.221 e. The fourth-order valence-corrected chi connectivity index (χ4v) is 2.24. The highest BCUT2D eigenvalue weighted by Gasteiger charge is 1.95. The molecule has 12 heteroatoms. The number of nitrogens with one attached hydrogen (secondary N) is 3. The number of aliphatic hydroxyl groups excluding tert-OH is 3. The van der Waals surface area contributed by atoms with Crippen LogP contribution < -0.4 is 16.0 Å². The first kappa shape index (κ1) is 38.9. The number of anilines is 3. The Hall–Kier alpha value is -4.65. The molecule has 0 aliphatic rings. The monoisotopic (exact) mass is 549 g/mol. The van der Waals surface area contributed by atoms with Crippen LogP contribution >= 0.6 is 0 Å². The Balaban J connectivity index is -0.000000453. The van der Waals surface area contributed by atoms with Gasteiger partial charge in [0.2, 0.25) is 17.7 Å². The van der Waals surface area contributed by atoms with E-state index in [9.17, 15) is 14.4 Å². The Bertz CT molecular complexity index is 905. The van der Waals surface area contributed by atoms with Crippen LogP contribution in [0.4, 0.5) is 17.1 Å². The maximum atomic E-state index is 10.5.